The first-order chi connectivity index (χ1) is 14.5. The Kier molecular flexibility index (Phi) is 5.79. The molecule has 30 heavy (non-hydrogen) atoms. The molecule has 0 spiro atoms. The molecule has 0 radical (unpaired) electrons. The summed E-state index contributed by atoms with van der Waals surface area (Å²) in [5, 5.41) is 4.39. The Morgan fingerprint density at radius 3 is 2.40 bits per heavy atom. The summed E-state index contributed by atoms with van der Waals surface area (Å²) in [6, 6.07) is 16.4. The van der Waals surface area contributed by atoms with Gasteiger partial charge in [0.25, 0.3) is 0 Å². The molecule has 8 heteroatoms. The van der Waals surface area contributed by atoms with Crippen molar-refractivity contribution in [1.29, 1.82) is 0 Å². The zero-order chi connectivity index (χ0) is 21.1. The van der Waals surface area contributed by atoms with Crippen molar-refractivity contribution in [3.63, 3.8) is 0 Å². The average molecular weight is 438 g/mol. The number of pyridine rings is 1. The molecule has 0 aliphatic carbocycles. The molecular weight excluding hydrogens is 421 g/mol. The van der Waals surface area contributed by atoms with Crippen LogP contribution in [0.15, 0.2) is 67.0 Å². The van der Waals surface area contributed by atoms with Crippen molar-refractivity contribution in [2.24, 2.45) is 0 Å². The molecular formula is C22H17Cl2N5O. The van der Waals surface area contributed by atoms with Gasteiger partial charge in [-0.1, -0.05) is 41.4 Å². The maximum absolute atomic E-state index is 12.7. The first kappa shape index (κ1) is 20.1. The standard InChI is InChI=1S/C22H17Cl2N5O/c1-29(13-19(30)27-20-16(23)6-4-7-17(20)24)22-15-5-2-3-8-18(15)26-21(28-22)14-9-11-25-12-10-14/h2-12H,13H2,1H3,(H,27,30). The van der Waals surface area contributed by atoms with Gasteiger partial charge in [-0.05, 0) is 36.4 Å². The Morgan fingerprint density at radius 1 is 0.967 bits per heavy atom. The quantitative estimate of drug-likeness (QED) is 0.471. The van der Waals surface area contributed by atoms with E-state index in [1.807, 2.05) is 36.4 Å². The van der Waals surface area contributed by atoms with Gasteiger partial charge in [0.2, 0.25) is 5.91 Å². The summed E-state index contributed by atoms with van der Waals surface area (Å²) in [6.07, 6.45) is 3.39. The minimum absolute atomic E-state index is 0.0539. The Balaban J connectivity index is 1.65. The molecule has 0 saturated carbocycles. The Labute approximate surface area is 183 Å². The number of benzene rings is 2. The van der Waals surface area contributed by atoms with Gasteiger partial charge in [-0.15, -0.1) is 0 Å². The zero-order valence-corrected chi connectivity index (χ0v) is 17.5. The number of nitrogens with one attached hydrogen (secondary N) is 1. The van der Waals surface area contributed by atoms with Crippen LogP contribution >= 0.6 is 23.2 Å². The van der Waals surface area contributed by atoms with Gasteiger partial charge < -0.3 is 10.2 Å². The molecule has 150 valence electrons. The Morgan fingerprint density at radius 2 is 1.67 bits per heavy atom. The fraction of sp³-hybridized carbons (Fsp3) is 0.0909. The highest BCUT2D eigenvalue weighted by Crippen LogP contribution is 2.30. The van der Waals surface area contributed by atoms with E-state index in [2.05, 4.69) is 15.3 Å². The highest BCUT2D eigenvalue weighted by Gasteiger charge is 2.16. The van der Waals surface area contributed by atoms with E-state index in [-0.39, 0.29) is 12.5 Å². The SMILES string of the molecule is CN(CC(=O)Nc1c(Cl)cccc1Cl)c1nc(-c2ccncc2)nc2ccccc12. The van der Waals surface area contributed by atoms with Crippen LogP contribution in [0.1, 0.15) is 0 Å². The second kappa shape index (κ2) is 8.65. The second-order valence-corrected chi connectivity index (χ2v) is 7.44. The summed E-state index contributed by atoms with van der Waals surface area (Å²) >= 11 is 12.3. The van der Waals surface area contributed by atoms with E-state index >= 15 is 0 Å². The second-order valence-electron chi connectivity index (χ2n) is 6.62. The van der Waals surface area contributed by atoms with Crippen LogP contribution in [0, 0.1) is 0 Å². The maximum Gasteiger partial charge on any atom is 0.244 e. The van der Waals surface area contributed by atoms with E-state index in [9.17, 15) is 4.79 Å². The largest absolute Gasteiger partial charge is 0.350 e. The van der Waals surface area contributed by atoms with E-state index in [4.69, 9.17) is 28.2 Å². The fourth-order valence-corrected chi connectivity index (χ4v) is 3.56. The molecule has 0 bridgehead atoms. The van der Waals surface area contributed by atoms with E-state index in [0.717, 1.165) is 16.5 Å². The van der Waals surface area contributed by atoms with E-state index < -0.39 is 0 Å². The Bertz CT molecular complexity index is 1200. The zero-order valence-electron chi connectivity index (χ0n) is 16.0. The van der Waals surface area contributed by atoms with Crippen LogP contribution in [0.5, 0.6) is 0 Å². The summed E-state index contributed by atoms with van der Waals surface area (Å²) < 4.78 is 0. The lowest BCUT2D eigenvalue weighted by Crippen LogP contribution is -2.31. The third-order valence-electron chi connectivity index (χ3n) is 4.49. The molecule has 2 aromatic heterocycles. The molecule has 4 rings (SSSR count). The predicted octanol–water partition coefficient (Wildman–Crippen LogP) is 5.07. The molecule has 0 fully saturated rings. The predicted molar refractivity (Wildman–Crippen MR) is 121 cm³/mol. The van der Waals surface area contributed by atoms with Gasteiger partial charge in [-0.25, -0.2) is 9.97 Å². The van der Waals surface area contributed by atoms with Gasteiger partial charge in [-0.2, -0.15) is 0 Å². The molecule has 4 aromatic rings. The van der Waals surface area contributed by atoms with Crippen molar-refractivity contribution in [1.82, 2.24) is 15.0 Å². The molecule has 2 aromatic carbocycles. The van der Waals surface area contributed by atoms with Gasteiger partial charge in [0.05, 0.1) is 27.8 Å². The molecule has 1 N–H and O–H groups in total. The number of hydrogen-bond acceptors (Lipinski definition) is 5. The van der Waals surface area contributed by atoms with Crippen molar-refractivity contribution in [2.45, 2.75) is 0 Å². The van der Waals surface area contributed by atoms with Crippen LogP contribution in [-0.4, -0.2) is 34.5 Å². The van der Waals surface area contributed by atoms with Crippen LogP contribution < -0.4 is 10.2 Å². The topological polar surface area (TPSA) is 71.0 Å². The first-order valence-electron chi connectivity index (χ1n) is 9.15. The molecule has 1 amide bonds. The summed E-state index contributed by atoms with van der Waals surface area (Å²) in [5.41, 5.74) is 2.03. The van der Waals surface area contributed by atoms with E-state index in [1.165, 1.54) is 0 Å². The highest BCUT2D eigenvalue weighted by molar-refractivity contribution is 6.39. The van der Waals surface area contributed by atoms with Crippen LogP contribution in [0.3, 0.4) is 0 Å². The lowest BCUT2D eigenvalue weighted by atomic mass is 10.2. The number of anilines is 2. The minimum Gasteiger partial charge on any atom is -0.350 e. The van der Waals surface area contributed by atoms with Gasteiger partial charge in [-0.3, -0.25) is 9.78 Å². The number of nitrogens with zero attached hydrogens (tertiary/aromatic N) is 4. The number of rotatable bonds is 5. The van der Waals surface area contributed by atoms with Crippen molar-refractivity contribution < 1.29 is 4.79 Å². The third kappa shape index (κ3) is 4.20. The lowest BCUT2D eigenvalue weighted by molar-refractivity contribution is -0.114. The minimum atomic E-state index is -0.263. The van der Waals surface area contributed by atoms with Crippen LogP contribution in [0.2, 0.25) is 10.0 Å². The average Bonchev–Trinajstić information content (AvgIpc) is 2.76. The van der Waals surface area contributed by atoms with Crippen molar-refractivity contribution in [3.05, 3.63) is 77.0 Å². The summed E-state index contributed by atoms with van der Waals surface area (Å²) in [5.74, 6) is 0.945. The van der Waals surface area contributed by atoms with Crippen LogP contribution in [0.4, 0.5) is 11.5 Å². The van der Waals surface area contributed by atoms with Crippen molar-refractivity contribution in [2.75, 3.05) is 23.8 Å². The summed E-state index contributed by atoms with van der Waals surface area (Å²) in [6.45, 7) is 0.0539. The Hall–Kier alpha value is -3.22. The molecule has 2 heterocycles. The number of halogens is 2. The number of fused-ring (bicyclic) bond motifs is 1. The number of hydrogen-bond donors (Lipinski definition) is 1. The molecule has 0 saturated heterocycles. The number of likely N-dealkylation sites (N-methyl/N-ethyl adjacent to an activating group) is 1. The number of amides is 1. The summed E-state index contributed by atoms with van der Waals surface area (Å²) in [7, 11) is 1.80. The van der Waals surface area contributed by atoms with Crippen molar-refractivity contribution in [3.8, 4) is 11.4 Å². The number of aromatic nitrogens is 3. The summed E-state index contributed by atoms with van der Waals surface area (Å²) in [4.78, 5) is 27.9. The normalized spacial score (nSPS) is 10.8. The molecule has 0 aliphatic rings. The van der Waals surface area contributed by atoms with E-state index in [1.54, 1.807) is 42.5 Å². The molecule has 0 unspecified atom stereocenters. The number of carbonyl (C=O) groups is 1. The molecule has 6 nitrogen and oxygen atoms in total. The van der Waals surface area contributed by atoms with Crippen LogP contribution in [-0.2, 0) is 4.79 Å². The van der Waals surface area contributed by atoms with Crippen LogP contribution in [0.25, 0.3) is 22.3 Å². The number of carbonyl (C=O) groups excluding carboxylic acids is 1. The van der Waals surface area contributed by atoms with Crippen molar-refractivity contribution >= 4 is 51.5 Å². The molecule has 0 atom stereocenters. The third-order valence-corrected chi connectivity index (χ3v) is 5.12. The van der Waals surface area contributed by atoms with Gasteiger partial charge in [0.1, 0.15) is 5.82 Å². The lowest BCUT2D eigenvalue weighted by Gasteiger charge is -2.20. The highest BCUT2D eigenvalue weighted by atomic mass is 35.5. The van der Waals surface area contributed by atoms with Gasteiger partial charge >= 0.3 is 0 Å². The van der Waals surface area contributed by atoms with Gasteiger partial charge in [0, 0.05) is 30.4 Å². The molecule has 0 aliphatic heterocycles. The van der Waals surface area contributed by atoms with E-state index in [0.29, 0.717) is 27.4 Å². The van der Waals surface area contributed by atoms with Gasteiger partial charge in [0.15, 0.2) is 5.82 Å². The number of para-hydroxylation sites is 2. The smallest absolute Gasteiger partial charge is 0.244 e. The fourth-order valence-electron chi connectivity index (χ4n) is 3.07. The maximum atomic E-state index is 12.7. The first-order valence-corrected chi connectivity index (χ1v) is 9.90. The monoisotopic (exact) mass is 437 g/mol.